The highest BCUT2D eigenvalue weighted by molar-refractivity contribution is 7.09. The molecule has 0 aliphatic heterocycles. The Kier molecular flexibility index (Phi) is 2.71. The maximum Gasteiger partial charge on any atom is 0.122 e. The molecule has 0 spiro atoms. The summed E-state index contributed by atoms with van der Waals surface area (Å²) in [5, 5.41) is 11.1. The lowest BCUT2D eigenvalue weighted by Gasteiger charge is -2.07. The first-order chi connectivity index (χ1) is 7.65. The van der Waals surface area contributed by atoms with Crippen molar-refractivity contribution in [2.24, 2.45) is 0 Å². The predicted molar refractivity (Wildman–Crippen MR) is 66.5 cm³/mol. The summed E-state index contributed by atoms with van der Waals surface area (Å²) in [5.41, 5.74) is 8.64. The van der Waals surface area contributed by atoms with Crippen LogP contribution in [0.4, 0.5) is 5.82 Å². The molecule has 0 aliphatic rings. The average Bonchev–Trinajstić information content (AvgIpc) is 2.83. The van der Waals surface area contributed by atoms with Crippen LogP contribution in [0.15, 0.2) is 17.5 Å². The molecule has 0 fully saturated rings. The summed E-state index contributed by atoms with van der Waals surface area (Å²) in [5.74, 6) is 0.575. The van der Waals surface area contributed by atoms with Crippen molar-refractivity contribution in [2.75, 3.05) is 5.73 Å². The number of nitriles is 1. The lowest BCUT2D eigenvalue weighted by Crippen LogP contribution is -2.05. The van der Waals surface area contributed by atoms with Crippen molar-refractivity contribution in [2.45, 2.75) is 20.4 Å². The Balaban J connectivity index is 2.46. The third-order valence-electron chi connectivity index (χ3n) is 2.88. The first-order valence-corrected chi connectivity index (χ1v) is 5.90. The first kappa shape index (κ1) is 10.8. The van der Waals surface area contributed by atoms with Gasteiger partial charge < -0.3 is 10.3 Å². The van der Waals surface area contributed by atoms with Gasteiger partial charge in [-0.25, -0.2) is 0 Å². The van der Waals surface area contributed by atoms with E-state index < -0.39 is 0 Å². The van der Waals surface area contributed by atoms with Gasteiger partial charge in [0.1, 0.15) is 11.9 Å². The van der Waals surface area contributed by atoms with Crippen LogP contribution in [0.2, 0.25) is 0 Å². The van der Waals surface area contributed by atoms with E-state index in [9.17, 15) is 0 Å². The van der Waals surface area contributed by atoms with Gasteiger partial charge in [-0.05, 0) is 30.9 Å². The Morgan fingerprint density at radius 2 is 2.25 bits per heavy atom. The zero-order valence-corrected chi connectivity index (χ0v) is 10.1. The molecule has 0 radical (unpaired) electrons. The Labute approximate surface area is 98.7 Å². The average molecular weight is 231 g/mol. The molecule has 2 aromatic rings. The normalized spacial score (nSPS) is 10.3. The molecule has 3 nitrogen and oxygen atoms in total. The number of nitrogen functional groups attached to an aromatic ring is 1. The van der Waals surface area contributed by atoms with Crippen LogP contribution < -0.4 is 5.73 Å². The molecule has 2 heterocycles. The first-order valence-electron chi connectivity index (χ1n) is 5.02. The highest BCUT2D eigenvalue weighted by Crippen LogP contribution is 2.25. The van der Waals surface area contributed by atoms with E-state index in [0.29, 0.717) is 11.4 Å². The van der Waals surface area contributed by atoms with E-state index in [1.165, 1.54) is 4.88 Å². The third-order valence-corrected chi connectivity index (χ3v) is 3.74. The number of anilines is 1. The second-order valence-electron chi connectivity index (χ2n) is 3.75. The molecule has 0 saturated heterocycles. The predicted octanol–water partition coefficient (Wildman–Crippen LogP) is 2.67. The van der Waals surface area contributed by atoms with Gasteiger partial charge in [0.2, 0.25) is 0 Å². The number of rotatable bonds is 2. The maximum absolute atomic E-state index is 9.02. The molecule has 0 unspecified atom stereocenters. The topological polar surface area (TPSA) is 54.7 Å². The van der Waals surface area contributed by atoms with Crippen molar-refractivity contribution >= 4 is 17.2 Å². The Hall–Kier alpha value is -1.73. The van der Waals surface area contributed by atoms with E-state index >= 15 is 0 Å². The zero-order valence-electron chi connectivity index (χ0n) is 9.32. The fourth-order valence-electron chi connectivity index (χ4n) is 1.79. The van der Waals surface area contributed by atoms with Gasteiger partial charge in [-0.2, -0.15) is 5.26 Å². The molecule has 0 bridgehead atoms. The molecule has 0 atom stereocenters. The zero-order chi connectivity index (χ0) is 11.7. The second kappa shape index (κ2) is 4.03. The number of thiophene rings is 1. The molecule has 16 heavy (non-hydrogen) atoms. The van der Waals surface area contributed by atoms with Gasteiger partial charge >= 0.3 is 0 Å². The van der Waals surface area contributed by atoms with Gasteiger partial charge in [0.15, 0.2) is 0 Å². The standard InChI is InChI=1S/C12H13N3S/c1-8-9(2)15(12(14)11(8)6-13)7-10-4-3-5-16-10/h3-5H,7,14H2,1-2H3. The van der Waals surface area contributed by atoms with E-state index in [1.807, 2.05) is 29.9 Å². The van der Waals surface area contributed by atoms with E-state index in [4.69, 9.17) is 11.0 Å². The van der Waals surface area contributed by atoms with Crippen molar-refractivity contribution in [3.63, 3.8) is 0 Å². The van der Waals surface area contributed by atoms with Gasteiger partial charge in [0.05, 0.1) is 12.1 Å². The van der Waals surface area contributed by atoms with Crippen molar-refractivity contribution in [1.82, 2.24) is 4.57 Å². The van der Waals surface area contributed by atoms with E-state index in [-0.39, 0.29) is 0 Å². The number of aromatic nitrogens is 1. The molecule has 4 heteroatoms. The van der Waals surface area contributed by atoms with Crippen LogP contribution in [0, 0.1) is 25.2 Å². The Bertz CT molecular complexity index is 544. The summed E-state index contributed by atoms with van der Waals surface area (Å²) < 4.78 is 2.00. The minimum atomic E-state index is 0.575. The van der Waals surface area contributed by atoms with Crippen molar-refractivity contribution in [1.29, 1.82) is 5.26 Å². The third kappa shape index (κ3) is 1.59. The highest BCUT2D eigenvalue weighted by Gasteiger charge is 2.15. The van der Waals surface area contributed by atoms with Crippen molar-refractivity contribution in [3.8, 4) is 6.07 Å². The summed E-state index contributed by atoms with van der Waals surface area (Å²) >= 11 is 1.70. The molecule has 2 rings (SSSR count). The number of nitrogens with zero attached hydrogens (tertiary/aromatic N) is 2. The molecular formula is C12H13N3S. The van der Waals surface area contributed by atoms with Crippen LogP contribution in [0.5, 0.6) is 0 Å². The Morgan fingerprint density at radius 3 is 2.75 bits per heavy atom. The lowest BCUT2D eigenvalue weighted by atomic mass is 10.2. The molecule has 2 N–H and O–H groups in total. The summed E-state index contributed by atoms with van der Waals surface area (Å²) in [6, 6.07) is 6.26. The highest BCUT2D eigenvalue weighted by atomic mass is 32.1. The van der Waals surface area contributed by atoms with E-state index in [1.54, 1.807) is 11.3 Å². The van der Waals surface area contributed by atoms with Crippen LogP contribution in [0.25, 0.3) is 0 Å². The van der Waals surface area contributed by atoms with Gasteiger partial charge in [0, 0.05) is 10.6 Å². The largest absolute Gasteiger partial charge is 0.384 e. The van der Waals surface area contributed by atoms with Crippen LogP contribution in [-0.2, 0) is 6.54 Å². The minimum Gasteiger partial charge on any atom is -0.384 e. The quantitative estimate of drug-likeness (QED) is 0.863. The van der Waals surface area contributed by atoms with Crippen molar-refractivity contribution in [3.05, 3.63) is 39.2 Å². The van der Waals surface area contributed by atoms with E-state index in [2.05, 4.69) is 12.1 Å². The molecule has 0 amide bonds. The summed E-state index contributed by atoms with van der Waals surface area (Å²) in [6.45, 7) is 4.69. The fourth-order valence-corrected chi connectivity index (χ4v) is 2.49. The van der Waals surface area contributed by atoms with Crippen LogP contribution >= 0.6 is 11.3 Å². The molecule has 2 aromatic heterocycles. The lowest BCUT2D eigenvalue weighted by molar-refractivity contribution is 0.795. The van der Waals surface area contributed by atoms with Crippen LogP contribution in [-0.4, -0.2) is 4.57 Å². The van der Waals surface area contributed by atoms with Gasteiger partial charge in [-0.1, -0.05) is 6.07 Å². The van der Waals surface area contributed by atoms with Gasteiger partial charge in [-0.3, -0.25) is 0 Å². The number of nitrogens with two attached hydrogens (primary N) is 1. The SMILES string of the molecule is Cc1c(C#N)c(N)n(Cc2cccs2)c1C. The molecule has 82 valence electrons. The van der Waals surface area contributed by atoms with Crippen LogP contribution in [0.3, 0.4) is 0 Å². The minimum absolute atomic E-state index is 0.575. The number of hydrogen-bond donors (Lipinski definition) is 1. The van der Waals surface area contributed by atoms with Crippen molar-refractivity contribution < 1.29 is 0 Å². The van der Waals surface area contributed by atoms with E-state index in [0.717, 1.165) is 17.8 Å². The molecular weight excluding hydrogens is 218 g/mol. The molecule has 0 aromatic carbocycles. The van der Waals surface area contributed by atoms with Crippen LogP contribution in [0.1, 0.15) is 21.7 Å². The summed E-state index contributed by atoms with van der Waals surface area (Å²) in [4.78, 5) is 1.24. The molecule has 0 aliphatic carbocycles. The van der Waals surface area contributed by atoms with Gasteiger partial charge in [-0.15, -0.1) is 11.3 Å². The maximum atomic E-state index is 9.02. The summed E-state index contributed by atoms with van der Waals surface area (Å²) in [6.07, 6.45) is 0. The smallest absolute Gasteiger partial charge is 0.122 e. The Morgan fingerprint density at radius 1 is 1.50 bits per heavy atom. The monoisotopic (exact) mass is 231 g/mol. The fraction of sp³-hybridized carbons (Fsp3) is 0.250. The second-order valence-corrected chi connectivity index (χ2v) is 4.78. The molecule has 0 saturated carbocycles. The van der Waals surface area contributed by atoms with Gasteiger partial charge in [0.25, 0.3) is 0 Å². The summed E-state index contributed by atoms with van der Waals surface area (Å²) in [7, 11) is 0. The number of hydrogen-bond acceptors (Lipinski definition) is 3.